The second-order valence-electron chi connectivity index (χ2n) is 1.36. The zero-order valence-corrected chi connectivity index (χ0v) is 6.06. The van der Waals surface area contributed by atoms with Gasteiger partial charge in [0.15, 0.2) is 10.3 Å². The summed E-state index contributed by atoms with van der Waals surface area (Å²) in [6.45, 7) is 0. The normalized spacial score (nSPS) is 8.90. The van der Waals surface area contributed by atoms with E-state index in [4.69, 9.17) is 28.5 Å². The van der Waals surface area contributed by atoms with Crippen molar-refractivity contribution in [3.8, 4) is 6.07 Å². The fourth-order valence-electron chi connectivity index (χ4n) is 0.378. The molecule has 0 atom stereocenters. The molecule has 1 aromatic heterocycles. The highest BCUT2D eigenvalue weighted by Gasteiger charge is 2.06. The average molecular weight is 175 g/mol. The molecule has 0 fully saturated rings. The summed E-state index contributed by atoms with van der Waals surface area (Å²) in [5.41, 5.74) is 0.0540. The molecule has 4 nitrogen and oxygen atoms in total. The van der Waals surface area contributed by atoms with Crippen molar-refractivity contribution in [3.05, 3.63) is 15.9 Å². The Morgan fingerprint density at radius 1 is 1.20 bits per heavy atom. The van der Waals surface area contributed by atoms with Gasteiger partial charge in [0.2, 0.25) is 0 Å². The lowest BCUT2D eigenvalue weighted by molar-refractivity contribution is 0.861. The third-order valence-electron chi connectivity index (χ3n) is 0.789. The summed E-state index contributed by atoms with van der Waals surface area (Å²) in [6.07, 6.45) is 0. The van der Waals surface area contributed by atoms with Crippen LogP contribution in [0.4, 0.5) is 0 Å². The highest BCUT2D eigenvalue weighted by atomic mass is 35.5. The number of rotatable bonds is 0. The summed E-state index contributed by atoms with van der Waals surface area (Å²) < 4.78 is 0. The molecular weight excluding hydrogens is 175 g/mol. The smallest absolute Gasteiger partial charge is 0.174 e. The third-order valence-corrected chi connectivity index (χ3v) is 1.32. The highest BCUT2D eigenvalue weighted by molar-refractivity contribution is 6.34. The lowest BCUT2D eigenvalue weighted by Gasteiger charge is -1.90. The topological polar surface area (TPSA) is 62.5 Å². The molecular formula is C4Cl2N4. The molecule has 0 bridgehead atoms. The number of nitrogens with zero attached hydrogens (tertiary/aromatic N) is 4. The van der Waals surface area contributed by atoms with E-state index >= 15 is 0 Å². The molecule has 0 unspecified atom stereocenters. The standard InChI is InChI=1S/C4Cl2N4/c5-3-2(1-7)4(6)9-10-8-3. The maximum atomic E-state index is 8.37. The van der Waals surface area contributed by atoms with Crippen molar-refractivity contribution in [2.24, 2.45) is 0 Å². The van der Waals surface area contributed by atoms with Crippen molar-refractivity contribution in [1.82, 2.24) is 15.4 Å². The Morgan fingerprint density at radius 3 is 2.00 bits per heavy atom. The minimum absolute atomic E-state index is 0.0255. The van der Waals surface area contributed by atoms with Crippen molar-refractivity contribution >= 4 is 23.2 Å². The van der Waals surface area contributed by atoms with E-state index in [0.29, 0.717) is 0 Å². The summed E-state index contributed by atoms with van der Waals surface area (Å²) >= 11 is 10.8. The maximum absolute atomic E-state index is 8.37. The van der Waals surface area contributed by atoms with Gasteiger partial charge in [-0.05, 0) is 5.21 Å². The van der Waals surface area contributed by atoms with Gasteiger partial charge in [-0.3, -0.25) is 0 Å². The number of aromatic nitrogens is 3. The van der Waals surface area contributed by atoms with E-state index in [1.54, 1.807) is 6.07 Å². The van der Waals surface area contributed by atoms with Gasteiger partial charge in [-0.1, -0.05) is 23.2 Å². The highest BCUT2D eigenvalue weighted by Crippen LogP contribution is 2.16. The first kappa shape index (κ1) is 7.19. The third kappa shape index (κ3) is 1.15. The summed E-state index contributed by atoms with van der Waals surface area (Å²) in [4.78, 5) is 0. The Balaban J connectivity index is 3.34. The van der Waals surface area contributed by atoms with Gasteiger partial charge in [0.25, 0.3) is 0 Å². The second kappa shape index (κ2) is 2.78. The average Bonchev–Trinajstić information content (AvgIpc) is 1.88. The Hall–Kier alpha value is -0.920. The molecule has 50 valence electrons. The van der Waals surface area contributed by atoms with E-state index in [0.717, 1.165) is 0 Å². The number of halogens is 2. The van der Waals surface area contributed by atoms with Crippen LogP contribution in [0.5, 0.6) is 0 Å². The molecule has 1 heterocycles. The number of hydrogen-bond donors (Lipinski definition) is 0. The van der Waals surface area contributed by atoms with E-state index in [1.807, 2.05) is 0 Å². The zero-order valence-electron chi connectivity index (χ0n) is 4.54. The van der Waals surface area contributed by atoms with Gasteiger partial charge in [0, 0.05) is 0 Å². The van der Waals surface area contributed by atoms with Gasteiger partial charge in [-0.25, -0.2) is 0 Å². The molecule has 0 amide bonds. The van der Waals surface area contributed by atoms with Gasteiger partial charge in [0.05, 0.1) is 0 Å². The molecule has 0 saturated heterocycles. The van der Waals surface area contributed by atoms with Gasteiger partial charge < -0.3 is 0 Å². The first-order chi connectivity index (χ1) is 4.75. The Bertz CT molecular complexity index is 272. The van der Waals surface area contributed by atoms with Crippen LogP contribution < -0.4 is 0 Å². The van der Waals surface area contributed by atoms with Gasteiger partial charge in [0.1, 0.15) is 11.6 Å². The molecule has 10 heavy (non-hydrogen) atoms. The molecule has 1 aromatic rings. The van der Waals surface area contributed by atoms with E-state index in [1.165, 1.54) is 0 Å². The second-order valence-corrected chi connectivity index (χ2v) is 2.07. The minimum atomic E-state index is -0.0255. The molecule has 0 aliphatic heterocycles. The van der Waals surface area contributed by atoms with E-state index in [9.17, 15) is 0 Å². The van der Waals surface area contributed by atoms with Crippen LogP contribution in [0.3, 0.4) is 0 Å². The fourth-order valence-corrected chi connectivity index (χ4v) is 0.758. The molecule has 1 rings (SSSR count). The van der Waals surface area contributed by atoms with Crippen LogP contribution in [-0.4, -0.2) is 15.4 Å². The van der Waals surface area contributed by atoms with E-state index in [-0.39, 0.29) is 15.9 Å². The van der Waals surface area contributed by atoms with Crippen LogP contribution in [0.1, 0.15) is 5.56 Å². The molecule has 0 aromatic carbocycles. The van der Waals surface area contributed by atoms with Crippen molar-refractivity contribution in [3.63, 3.8) is 0 Å². The van der Waals surface area contributed by atoms with E-state index in [2.05, 4.69) is 15.4 Å². The van der Waals surface area contributed by atoms with Crippen LogP contribution in [0, 0.1) is 11.3 Å². The summed E-state index contributed by atoms with van der Waals surface area (Å²) in [6, 6.07) is 1.73. The lowest BCUT2D eigenvalue weighted by atomic mass is 10.4. The Labute approximate surface area is 66.4 Å². The lowest BCUT2D eigenvalue weighted by Crippen LogP contribution is -1.92. The quantitative estimate of drug-likeness (QED) is 0.591. The fraction of sp³-hybridized carbons (Fsp3) is 0. The predicted molar refractivity (Wildman–Crippen MR) is 34.6 cm³/mol. The molecule has 0 spiro atoms. The van der Waals surface area contributed by atoms with Crippen LogP contribution in [0.25, 0.3) is 0 Å². The summed E-state index contributed by atoms with van der Waals surface area (Å²) in [7, 11) is 0. The monoisotopic (exact) mass is 174 g/mol. The molecule has 0 aliphatic rings. The minimum Gasteiger partial charge on any atom is -0.192 e. The number of nitriles is 1. The molecule has 0 radical (unpaired) electrons. The largest absolute Gasteiger partial charge is 0.192 e. The first-order valence-corrected chi connectivity index (χ1v) is 2.95. The van der Waals surface area contributed by atoms with Crippen molar-refractivity contribution in [2.45, 2.75) is 0 Å². The van der Waals surface area contributed by atoms with Crippen LogP contribution in [0.15, 0.2) is 0 Å². The van der Waals surface area contributed by atoms with Crippen molar-refractivity contribution in [2.75, 3.05) is 0 Å². The Kier molecular flexibility index (Phi) is 2.00. The van der Waals surface area contributed by atoms with Gasteiger partial charge in [-0.15, -0.1) is 10.2 Å². The van der Waals surface area contributed by atoms with Crippen LogP contribution in [0.2, 0.25) is 10.3 Å². The zero-order chi connectivity index (χ0) is 7.56. The Morgan fingerprint density at radius 2 is 1.70 bits per heavy atom. The molecule has 0 aliphatic carbocycles. The summed E-state index contributed by atoms with van der Waals surface area (Å²) in [5.74, 6) is 0. The van der Waals surface area contributed by atoms with Crippen molar-refractivity contribution < 1.29 is 0 Å². The van der Waals surface area contributed by atoms with Crippen LogP contribution >= 0.6 is 23.2 Å². The van der Waals surface area contributed by atoms with Gasteiger partial charge in [-0.2, -0.15) is 5.26 Å². The molecule has 0 N–H and O–H groups in total. The van der Waals surface area contributed by atoms with Crippen molar-refractivity contribution in [1.29, 1.82) is 5.26 Å². The van der Waals surface area contributed by atoms with Gasteiger partial charge >= 0.3 is 0 Å². The van der Waals surface area contributed by atoms with E-state index < -0.39 is 0 Å². The summed E-state index contributed by atoms with van der Waals surface area (Å²) in [5, 5.41) is 18.1. The predicted octanol–water partition coefficient (Wildman–Crippen LogP) is 1.05. The SMILES string of the molecule is N#Cc1c(Cl)nnnc1Cl. The number of hydrogen-bond acceptors (Lipinski definition) is 4. The maximum Gasteiger partial charge on any atom is 0.174 e. The molecule has 0 saturated carbocycles. The van der Waals surface area contributed by atoms with Crippen LogP contribution in [-0.2, 0) is 0 Å². The first-order valence-electron chi connectivity index (χ1n) is 2.20. The molecule has 6 heteroatoms.